The van der Waals surface area contributed by atoms with Crippen molar-refractivity contribution >= 4 is 118 Å². The van der Waals surface area contributed by atoms with Gasteiger partial charge in [0.05, 0.1) is 27.3 Å². The van der Waals surface area contributed by atoms with E-state index in [9.17, 15) is 19.2 Å². The highest BCUT2D eigenvalue weighted by Gasteiger charge is 2.56. The third-order valence-corrected chi connectivity index (χ3v) is 19.1. The summed E-state index contributed by atoms with van der Waals surface area (Å²) in [5.41, 5.74) is 0.453. The molecule has 0 unspecified atom stereocenters. The largest absolute Gasteiger partial charge is 0.463 e. The molecule has 2 aromatic rings. The Hall–Kier alpha value is -1.90. The first-order chi connectivity index (χ1) is 30.9. The zero-order valence-electron chi connectivity index (χ0n) is 37.6. The Kier molecular flexibility index (Phi) is 19.8. The van der Waals surface area contributed by atoms with Crippen LogP contribution in [0, 0.1) is 5.41 Å². The van der Waals surface area contributed by atoms with Crippen LogP contribution in [0.4, 0.5) is 0 Å². The minimum absolute atomic E-state index is 0.0311. The van der Waals surface area contributed by atoms with Crippen molar-refractivity contribution in [3.63, 3.8) is 0 Å². The summed E-state index contributed by atoms with van der Waals surface area (Å²) >= 11 is 21.9. The van der Waals surface area contributed by atoms with Crippen molar-refractivity contribution in [1.29, 1.82) is 5.41 Å². The van der Waals surface area contributed by atoms with Gasteiger partial charge in [0.25, 0.3) is 3.79 Å². The van der Waals surface area contributed by atoms with Crippen molar-refractivity contribution < 1.29 is 71.0 Å². The lowest BCUT2D eigenvalue weighted by Crippen LogP contribution is -2.65. The minimum Gasteiger partial charge on any atom is -0.463 e. The van der Waals surface area contributed by atoms with Crippen LogP contribution in [0.5, 0.6) is 0 Å². The summed E-state index contributed by atoms with van der Waals surface area (Å²) < 4.78 is 64.6. The molecule has 13 atom stereocenters. The zero-order chi connectivity index (χ0) is 48.7. The van der Waals surface area contributed by atoms with Crippen molar-refractivity contribution in [2.45, 2.75) is 152 Å². The molecule has 0 saturated carbocycles. The highest BCUT2D eigenvalue weighted by Crippen LogP contribution is 2.42. The van der Waals surface area contributed by atoms with E-state index in [0.717, 1.165) is 0 Å². The van der Waals surface area contributed by atoms with Gasteiger partial charge in [-0.25, -0.2) is 9.59 Å². The summed E-state index contributed by atoms with van der Waals surface area (Å²) in [5, 5.41) is 8.28. The van der Waals surface area contributed by atoms with Crippen LogP contribution in [0.3, 0.4) is 0 Å². The van der Waals surface area contributed by atoms with E-state index in [1.54, 1.807) is 60.7 Å². The summed E-state index contributed by atoms with van der Waals surface area (Å²) in [6.07, 6.45) is -10.4. The van der Waals surface area contributed by atoms with Gasteiger partial charge < -0.3 is 51.8 Å². The molecule has 0 spiro atoms. The fraction of sp³-hybridized carbons (Fsp3) is 0.614. The number of hydrogen-bond acceptors (Lipinski definition) is 16. The van der Waals surface area contributed by atoms with Crippen molar-refractivity contribution in [3.8, 4) is 0 Å². The molecule has 22 heteroatoms. The maximum atomic E-state index is 13.8. The highest BCUT2D eigenvalue weighted by molar-refractivity contribution is 14.1. The molecule has 0 bridgehead atoms. The number of benzene rings is 2. The molecular weight excluding hydrogens is 1170 g/mol. The maximum Gasteiger partial charge on any atom is 0.338 e. The fourth-order valence-electron chi connectivity index (χ4n) is 6.99. The van der Waals surface area contributed by atoms with E-state index in [4.69, 9.17) is 92.0 Å². The van der Waals surface area contributed by atoms with Gasteiger partial charge in [-0.05, 0) is 55.7 Å². The summed E-state index contributed by atoms with van der Waals surface area (Å²) in [4.78, 5) is 52.2. The molecular formula is C44H56Cl3I2NO15Si. The van der Waals surface area contributed by atoms with Gasteiger partial charge in [0.15, 0.2) is 27.0 Å². The molecule has 16 nitrogen and oxygen atoms in total. The van der Waals surface area contributed by atoms with Crippen LogP contribution < -0.4 is 0 Å². The Morgan fingerprint density at radius 3 is 1.67 bits per heavy atom. The number of alkyl halides is 5. The molecule has 5 rings (SSSR count). The van der Waals surface area contributed by atoms with Gasteiger partial charge in [-0.3, -0.25) is 15.0 Å². The van der Waals surface area contributed by atoms with Crippen molar-refractivity contribution in [2.75, 3.05) is 13.2 Å². The van der Waals surface area contributed by atoms with Crippen LogP contribution in [-0.2, 0) is 61.4 Å². The van der Waals surface area contributed by atoms with Gasteiger partial charge in [-0.1, -0.05) is 137 Å². The topological polar surface area (TPSA) is 194 Å². The zero-order valence-corrected chi connectivity index (χ0v) is 45.2. The number of ether oxygens (including phenoxy) is 10. The van der Waals surface area contributed by atoms with Crippen LogP contribution >= 0.6 is 80.0 Å². The van der Waals surface area contributed by atoms with E-state index in [1.807, 2.05) is 29.5 Å². The third kappa shape index (κ3) is 14.8. The second-order valence-corrected chi connectivity index (χ2v) is 27.4. The molecule has 3 aliphatic rings. The molecule has 366 valence electrons. The average Bonchev–Trinajstić information content (AvgIpc) is 3.24. The molecule has 0 aliphatic carbocycles. The smallest absolute Gasteiger partial charge is 0.338 e. The summed E-state index contributed by atoms with van der Waals surface area (Å²) in [5.74, 6) is -3.54. The van der Waals surface area contributed by atoms with Crippen molar-refractivity contribution in [3.05, 3.63) is 71.8 Å². The molecule has 0 amide bonds. The van der Waals surface area contributed by atoms with Crippen LogP contribution in [0.2, 0.25) is 18.1 Å². The lowest BCUT2D eigenvalue weighted by atomic mass is 9.98. The number of halogens is 5. The standard InChI is InChI=1S/C44H56Cl3I2NO15Si/c1-23-28(65-66(7,8)43(4,5)6)19-20-31(57-23)60-36-32(48)40(58-29(21-55-24(2)51)34(36)61-38(53)26-15-11-9-12-16-26)63-35-30(22-56-25(3)52)59-41(64-42(50)44(45,46)47)33(49)37(35)62-39(54)27-17-13-10-14-18-27/h9-18,23,28-37,40-41,50H,19-22H2,1-8H3/t23-,28-,29+,30+,31-,32+,33+,34+,35+,36+,37+,40-,41+/m0/s1. The van der Waals surface area contributed by atoms with Gasteiger partial charge in [0.2, 0.25) is 12.2 Å². The Bertz CT molecular complexity index is 1980. The van der Waals surface area contributed by atoms with Crippen LogP contribution in [-0.4, -0.2) is 131 Å². The SMILES string of the molecule is CC(=O)OC[C@H]1O[C@@H](O[C@H]2[C@H](OC(=O)c3ccccc3)[C@@H](I)[C@@H](OC(=N)C(Cl)(Cl)Cl)O[C@@H]2COC(C)=O)[C@H](I)[C@@H](O[C@H]2CC[C@H](O[Si](C)(C)C(C)(C)C)[C@H](C)O2)[C@@H]1OC(=O)c1ccccc1. The number of esters is 4. The monoisotopic (exact) mass is 1230 g/mol. The van der Waals surface area contributed by atoms with E-state index >= 15 is 0 Å². The van der Waals surface area contributed by atoms with Crippen LogP contribution in [0.25, 0.3) is 0 Å². The fourth-order valence-corrected chi connectivity index (χ4v) is 10.3. The summed E-state index contributed by atoms with van der Waals surface area (Å²) in [7, 11) is -2.17. The van der Waals surface area contributed by atoms with Crippen LogP contribution in [0.1, 0.15) is 75.1 Å². The molecule has 0 aromatic heterocycles. The molecule has 3 heterocycles. The predicted molar refractivity (Wildman–Crippen MR) is 262 cm³/mol. The first-order valence-electron chi connectivity index (χ1n) is 21.2. The second kappa shape index (κ2) is 23.8. The van der Waals surface area contributed by atoms with E-state index in [2.05, 4.69) is 56.5 Å². The lowest BCUT2D eigenvalue weighted by Gasteiger charge is -2.49. The van der Waals surface area contributed by atoms with E-state index in [0.29, 0.717) is 12.8 Å². The van der Waals surface area contributed by atoms with Gasteiger partial charge in [-0.2, -0.15) is 0 Å². The molecule has 3 fully saturated rings. The number of carbonyl (C=O) groups is 4. The second-order valence-electron chi connectivity index (χ2n) is 17.5. The Balaban J connectivity index is 1.53. The molecule has 3 saturated heterocycles. The number of nitrogens with one attached hydrogen (secondary N) is 1. The Morgan fingerprint density at radius 1 is 0.697 bits per heavy atom. The number of rotatable bonds is 15. The quantitative estimate of drug-likeness (QED) is 0.0338. The Labute approximate surface area is 428 Å². The average molecular weight is 1230 g/mol. The van der Waals surface area contributed by atoms with Crippen molar-refractivity contribution in [1.82, 2.24) is 0 Å². The first-order valence-corrected chi connectivity index (χ1v) is 27.7. The lowest BCUT2D eigenvalue weighted by molar-refractivity contribution is -0.324. The van der Waals surface area contributed by atoms with Gasteiger partial charge in [0.1, 0.15) is 47.7 Å². The highest BCUT2D eigenvalue weighted by atomic mass is 127. The number of carbonyl (C=O) groups excluding carboxylic acids is 4. The van der Waals surface area contributed by atoms with Gasteiger partial charge >= 0.3 is 23.9 Å². The summed E-state index contributed by atoms with van der Waals surface area (Å²) in [6.45, 7) is 14.4. The van der Waals surface area contributed by atoms with E-state index < -0.39 is 118 Å². The van der Waals surface area contributed by atoms with E-state index in [1.165, 1.54) is 13.8 Å². The van der Waals surface area contributed by atoms with Crippen molar-refractivity contribution in [2.24, 2.45) is 0 Å². The number of hydrogen-bond donors (Lipinski definition) is 1. The molecule has 66 heavy (non-hydrogen) atoms. The molecule has 2 aromatic carbocycles. The normalized spacial score (nSPS) is 30.7. The molecule has 1 N–H and O–H groups in total. The summed E-state index contributed by atoms with van der Waals surface area (Å²) in [6, 6.07) is 16.5. The minimum atomic E-state index is -2.29. The molecule has 3 aliphatic heterocycles. The van der Waals surface area contributed by atoms with Crippen LogP contribution in [0.15, 0.2) is 60.7 Å². The Morgan fingerprint density at radius 2 is 1.18 bits per heavy atom. The van der Waals surface area contributed by atoms with E-state index in [-0.39, 0.29) is 28.4 Å². The first kappa shape index (κ1) is 55.0. The maximum absolute atomic E-state index is 13.8. The van der Waals surface area contributed by atoms with Gasteiger partial charge in [-0.15, -0.1) is 0 Å². The molecule has 0 radical (unpaired) electrons. The third-order valence-electron chi connectivity index (χ3n) is 11.5. The van der Waals surface area contributed by atoms with Gasteiger partial charge in [0, 0.05) is 20.3 Å². The predicted octanol–water partition coefficient (Wildman–Crippen LogP) is 8.67.